The van der Waals surface area contributed by atoms with E-state index in [1.54, 1.807) is 7.11 Å². The van der Waals surface area contributed by atoms with Crippen molar-refractivity contribution in [3.63, 3.8) is 0 Å². The number of likely N-dealkylation sites (N-methyl/N-ethyl adjacent to an activating group) is 1. The minimum atomic E-state index is -0.0721. The van der Waals surface area contributed by atoms with Crippen LogP contribution < -0.4 is 10.1 Å². The molecule has 1 fully saturated rings. The van der Waals surface area contributed by atoms with Crippen molar-refractivity contribution in [3.8, 4) is 5.75 Å². The highest BCUT2D eigenvalue weighted by Gasteiger charge is 2.21. The lowest BCUT2D eigenvalue weighted by Crippen LogP contribution is -2.32. The number of para-hydroxylation sites is 1. The van der Waals surface area contributed by atoms with Crippen molar-refractivity contribution in [3.05, 3.63) is 29.8 Å². The Bertz CT molecular complexity index is 364. The van der Waals surface area contributed by atoms with Gasteiger partial charge in [-0.2, -0.15) is 0 Å². The Hall–Kier alpha value is -1.10. The molecule has 0 radical (unpaired) electrons. The van der Waals surface area contributed by atoms with Crippen LogP contribution >= 0.6 is 0 Å². The standard InChI is InChI=1S/C14H21NO3/c1-15-12(10-14-17-7-8-18-14)9-11-5-3-4-6-13(11)16-2/h3-6,12,14-15H,7-10H2,1-2H3. The molecule has 1 N–H and O–H groups in total. The molecular formula is C14H21NO3. The molecule has 0 aromatic heterocycles. The second kappa shape index (κ2) is 6.73. The number of benzene rings is 1. The molecule has 1 heterocycles. The van der Waals surface area contributed by atoms with Gasteiger partial charge in [-0.15, -0.1) is 0 Å². The van der Waals surface area contributed by atoms with E-state index in [0.717, 1.165) is 18.6 Å². The second-order valence-electron chi connectivity index (χ2n) is 4.41. The van der Waals surface area contributed by atoms with Crippen LogP contribution in [0.2, 0.25) is 0 Å². The molecule has 4 heteroatoms. The molecule has 1 aliphatic heterocycles. The first-order chi connectivity index (χ1) is 8.83. The Kier molecular flexibility index (Phi) is 4.99. The Morgan fingerprint density at radius 2 is 2.06 bits per heavy atom. The molecule has 100 valence electrons. The molecule has 1 saturated heterocycles. The van der Waals surface area contributed by atoms with Gasteiger partial charge in [0.15, 0.2) is 6.29 Å². The van der Waals surface area contributed by atoms with Gasteiger partial charge in [-0.3, -0.25) is 0 Å². The van der Waals surface area contributed by atoms with Crippen molar-refractivity contribution < 1.29 is 14.2 Å². The molecule has 1 aromatic rings. The summed E-state index contributed by atoms with van der Waals surface area (Å²) in [7, 11) is 3.67. The van der Waals surface area contributed by atoms with E-state index in [-0.39, 0.29) is 6.29 Å². The molecule has 1 aromatic carbocycles. The Morgan fingerprint density at radius 1 is 1.33 bits per heavy atom. The zero-order valence-electron chi connectivity index (χ0n) is 11.0. The van der Waals surface area contributed by atoms with E-state index in [1.807, 2.05) is 25.2 Å². The van der Waals surface area contributed by atoms with Gasteiger partial charge in [0.25, 0.3) is 0 Å². The van der Waals surface area contributed by atoms with Gasteiger partial charge in [0.05, 0.1) is 20.3 Å². The average molecular weight is 251 g/mol. The topological polar surface area (TPSA) is 39.7 Å². The van der Waals surface area contributed by atoms with Crippen LogP contribution in [0.25, 0.3) is 0 Å². The van der Waals surface area contributed by atoms with E-state index < -0.39 is 0 Å². The van der Waals surface area contributed by atoms with Crippen molar-refractivity contribution in [1.29, 1.82) is 0 Å². The van der Waals surface area contributed by atoms with Crippen LogP contribution in [0.15, 0.2) is 24.3 Å². The number of ether oxygens (including phenoxy) is 3. The molecule has 0 aliphatic carbocycles. The Morgan fingerprint density at radius 3 is 2.72 bits per heavy atom. The predicted octanol–water partition coefficient (Wildman–Crippen LogP) is 1.59. The van der Waals surface area contributed by atoms with E-state index in [9.17, 15) is 0 Å². The third-order valence-corrected chi connectivity index (χ3v) is 3.23. The molecule has 1 atom stereocenters. The summed E-state index contributed by atoms with van der Waals surface area (Å²) in [5, 5.41) is 3.31. The van der Waals surface area contributed by atoms with Gasteiger partial charge in [-0.1, -0.05) is 18.2 Å². The molecule has 1 unspecified atom stereocenters. The van der Waals surface area contributed by atoms with Gasteiger partial charge < -0.3 is 19.5 Å². The number of methoxy groups -OCH3 is 1. The zero-order valence-corrected chi connectivity index (χ0v) is 11.0. The fourth-order valence-corrected chi connectivity index (χ4v) is 2.22. The largest absolute Gasteiger partial charge is 0.496 e. The summed E-state index contributed by atoms with van der Waals surface area (Å²) in [6, 6.07) is 8.43. The third kappa shape index (κ3) is 3.45. The van der Waals surface area contributed by atoms with Crippen molar-refractivity contribution in [1.82, 2.24) is 5.32 Å². The quantitative estimate of drug-likeness (QED) is 0.833. The van der Waals surface area contributed by atoms with Gasteiger partial charge >= 0.3 is 0 Å². The normalized spacial score (nSPS) is 17.9. The number of hydrogen-bond acceptors (Lipinski definition) is 4. The summed E-state index contributed by atoms with van der Waals surface area (Å²) in [6.07, 6.45) is 1.69. The lowest BCUT2D eigenvalue weighted by molar-refractivity contribution is -0.0522. The number of rotatable bonds is 6. The van der Waals surface area contributed by atoms with Crippen LogP contribution in [-0.2, 0) is 15.9 Å². The maximum absolute atomic E-state index is 5.49. The van der Waals surface area contributed by atoms with E-state index in [2.05, 4.69) is 11.4 Å². The van der Waals surface area contributed by atoms with Crippen LogP contribution in [0.4, 0.5) is 0 Å². The zero-order chi connectivity index (χ0) is 12.8. The molecule has 0 bridgehead atoms. The smallest absolute Gasteiger partial charge is 0.159 e. The summed E-state index contributed by atoms with van der Waals surface area (Å²) in [4.78, 5) is 0. The molecule has 0 amide bonds. The van der Waals surface area contributed by atoms with Gasteiger partial charge in [-0.25, -0.2) is 0 Å². The van der Waals surface area contributed by atoms with Gasteiger partial charge in [0, 0.05) is 12.5 Å². The summed E-state index contributed by atoms with van der Waals surface area (Å²) in [5.74, 6) is 0.936. The second-order valence-corrected chi connectivity index (χ2v) is 4.41. The van der Waals surface area contributed by atoms with Crippen molar-refractivity contribution in [2.45, 2.75) is 25.2 Å². The van der Waals surface area contributed by atoms with E-state index in [1.165, 1.54) is 5.56 Å². The highest BCUT2D eigenvalue weighted by Crippen LogP contribution is 2.21. The summed E-state index contributed by atoms with van der Waals surface area (Å²) >= 11 is 0. The maximum atomic E-state index is 5.49. The molecule has 1 aliphatic rings. The highest BCUT2D eigenvalue weighted by atomic mass is 16.7. The van der Waals surface area contributed by atoms with Gasteiger partial charge in [0.1, 0.15) is 5.75 Å². The molecule has 18 heavy (non-hydrogen) atoms. The van der Waals surface area contributed by atoms with Gasteiger partial charge in [-0.05, 0) is 25.1 Å². The van der Waals surface area contributed by atoms with Crippen molar-refractivity contribution >= 4 is 0 Å². The van der Waals surface area contributed by atoms with Crippen LogP contribution in [0.5, 0.6) is 5.75 Å². The van der Waals surface area contributed by atoms with Crippen molar-refractivity contribution in [2.75, 3.05) is 27.4 Å². The molecule has 0 spiro atoms. The summed E-state index contributed by atoms with van der Waals surface area (Å²) < 4.78 is 16.3. The molecule has 4 nitrogen and oxygen atoms in total. The van der Waals surface area contributed by atoms with E-state index in [4.69, 9.17) is 14.2 Å². The fourth-order valence-electron chi connectivity index (χ4n) is 2.22. The Balaban J connectivity index is 1.96. The average Bonchev–Trinajstić information content (AvgIpc) is 2.91. The van der Waals surface area contributed by atoms with Crippen LogP contribution in [0, 0.1) is 0 Å². The number of hydrogen-bond donors (Lipinski definition) is 1. The molecule has 2 rings (SSSR count). The monoisotopic (exact) mass is 251 g/mol. The van der Waals surface area contributed by atoms with E-state index >= 15 is 0 Å². The Labute approximate surface area is 108 Å². The number of nitrogens with one attached hydrogen (secondary N) is 1. The van der Waals surface area contributed by atoms with Gasteiger partial charge in [0.2, 0.25) is 0 Å². The SMILES string of the molecule is CNC(Cc1ccccc1OC)CC1OCCO1. The van der Waals surface area contributed by atoms with Crippen LogP contribution in [-0.4, -0.2) is 39.7 Å². The van der Waals surface area contributed by atoms with Crippen LogP contribution in [0.3, 0.4) is 0 Å². The third-order valence-electron chi connectivity index (χ3n) is 3.23. The fraction of sp³-hybridized carbons (Fsp3) is 0.571. The lowest BCUT2D eigenvalue weighted by Gasteiger charge is -2.20. The molecular weight excluding hydrogens is 230 g/mol. The van der Waals surface area contributed by atoms with E-state index in [0.29, 0.717) is 19.3 Å². The summed E-state index contributed by atoms with van der Waals surface area (Å²) in [5.41, 5.74) is 1.21. The highest BCUT2D eigenvalue weighted by molar-refractivity contribution is 5.33. The molecule has 0 saturated carbocycles. The lowest BCUT2D eigenvalue weighted by atomic mass is 10.0. The van der Waals surface area contributed by atoms with Crippen LogP contribution in [0.1, 0.15) is 12.0 Å². The maximum Gasteiger partial charge on any atom is 0.159 e. The van der Waals surface area contributed by atoms with Crippen molar-refractivity contribution in [2.24, 2.45) is 0 Å². The first kappa shape index (κ1) is 13.3. The minimum absolute atomic E-state index is 0.0721. The predicted molar refractivity (Wildman–Crippen MR) is 69.9 cm³/mol. The minimum Gasteiger partial charge on any atom is -0.496 e. The first-order valence-corrected chi connectivity index (χ1v) is 6.36. The first-order valence-electron chi connectivity index (χ1n) is 6.36. The summed E-state index contributed by atoms with van der Waals surface area (Å²) in [6.45, 7) is 1.41.